The van der Waals surface area contributed by atoms with Gasteiger partial charge in [0, 0.05) is 30.8 Å². The monoisotopic (exact) mass is 404 g/mol. The molecule has 0 radical (unpaired) electrons. The highest BCUT2D eigenvalue weighted by Crippen LogP contribution is 2.25. The molecular formula is C23H24N4O3. The second-order valence-electron chi connectivity index (χ2n) is 7.42. The zero-order valence-corrected chi connectivity index (χ0v) is 16.8. The average molecular weight is 404 g/mol. The van der Waals surface area contributed by atoms with Crippen molar-refractivity contribution in [3.63, 3.8) is 0 Å². The number of amides is 2. The molecule has 4 rings (SSSR count). The summed E-state index contributed by atoms with van der Waals surface area (Å²) in [7, 11) is 0. The quantitative estimate of drug-likeness (QED) is 0.665. The number of likely N-dealkylation sites (tertiary alicyclic amines) is 1. The molecule has 1 saturated heterocycles. The number of hydrogen-bond acceptors (Lipinski definition) is 5. The molecule has 0 atom stereocenters. The number of aromatic nitrogens is 1. The van der Waals surface area contributed by atoms with Gasteiger partial charge in [-0.05, 0) is 44.0 Å². The van der Waals surface area contributed by atoms with Gasteiger partial charge >= 0.3 is 0 Å². The first-order chi connectivity index (χ1) is 14.6. The van der Waals surface area contributed by atoms with Crippen molar-refractivity contribution in [2.24, 2.45) is 5.92 Å². The molecule has 2 amide bonds. The Morgan fingerprint density at radius 2 is 1.73 bits per heavy atom. The highest BCUT2D eigenvalue weighted by molar-refractivity contribution is 6.00. The van der Waals surface area contributed by atoms with Gasteiger partial charge in [-0.1, -0.05) is 35.5 Å². The maximum absolute atomic E-state index is 13.1. The second-order valence-corrected chi connectivity index (χ2v) is 7.42. The topological polar surface area (TPSA) is 87.5 Å². The van der Waals surface area contributed by atoms with E-state index in [2.05, 4.69) is 15.8 Å². The molecule has 0 unspecified atom stereocenters. The van der Waals surface area contributed by atoms with E-state index in [1.807, 2.05) is 59.5 Å². The molecule has 0 spiro atoms. The van der Waals surface area contributed by atoms with Crippen LogP contribution in [-0.4, -0.2) is 35.0 Å². The molecule has 2 aromatic carbocycles. The number of nitrogens with one attached hydrogen (secondary N) is 2. The lowest BCUT2D eigenvalue weighted by Crippen LogP contribution is -2.41. The van der Waals surface area contributed by atoms with Crippen LogP contribution in [0.5, 0.6) is 0 Å². The van der Waals surface area contributed by atoms with E-state index in [0.29, 0.717) is 43.1 Å². The number of hydrogen-bond donors (Lipinski definition) is 2. The first kappa shape index (κ1) is 19.7. The third-order valence-corrected chi connectivity index (χ3v) is 5.24. The van der Waals surface area contributed by atoms with Gasteiger partial charge < -0.3 is 20.1 Å². The highest BCUT2D eigenvalue weighted by Gasteiger charge is 2.29. The summed E-state index contributed by atoms with van der Waals surface area (Å²) in [5.74, 6) is 0.815. The highest BCUT2D eigenvalue weighted by atomic mass is 16.5. The normalized spacial score (nSPS) is 14.4. The van der Waals surface area contributed by atoms with Crippen LogP contribution in [0.25, 0.3) is 0 Å². The number of aryl methyl sites for hydroxylation is 1. The largest absolute Gasteiger partial charge is 0.360 e. The van der Waals surface area contributed by atoms with E-state index in [-0.39, 0.29) is 17.7 Å². The third kappa shape index (κ3) is 4.51. The summed E-state index contributed by atoms with van der Waals surface area (Å²) in [6.45, 7) is 2.85. The first-order valence-electron chi connectivity index (χ1n) is 10.0. The van der Waals surface area contributed by atoms with E-state index in [1.165, 1.54) is 0 Å². The SMILES string of the molecule is Cc1cc(NC(=O)C2CCN(C(=O)c3ccccc3Nc3ccccc3)CC2)no1. The molecule has 154 valence electrons. The van der Waals surface area contributed by atoms with Crippen molar-refractivity contribution in [2.75, 3.05) is 23.7 Å². The maximum Gasteiger partial charge on any atom is 0.255 e. The van der Waals surface area contributed by atoms with Gasteiger partial charge in [-0.25, -0.2) is 0 Å². The molecule has 7 heteroatoms. The first-order valence-corrected chi connectivity index (χ1v) is 10.0. The van der Waals surface area contributed by atoms with Gasteiger partial charge in [-0.3, -0.25) is 9.59 Å². The van der Waals surface area contributed by atoms with Crippen molar-refractivity contribution in [3.8, 4) is 0 Å². The molecule has 2 heterocycles. The average Bonchev–Trinajstić information content (AvgIpc) is 3.19. The minimum absolute atomic E-state index is 0.0278. The van der Waals surface area contributed by atoms with Gasteiger partial charge in [0.25, 0.3) is 5.91 Å². The van der Waals surface area contributed by atoms with Crippen LogP contribution in [0, 0.1) is 12.8 Å². The Balaban J connectivity index is 1.38. The summed E-state index contributed by atoms with van der Waals surface area (Å²) >= 11 is 0. The minimum atomic E-state index is -0.149. The van der Waals surface area contributed by atoms with Gasteiger partial charge in [0.05, 0.1) is 11.3 Å². The van der Waals surface area contributed by atoms with Gasteiger partial charge in [-0.2, -0.15) is 0 Å². The van der Waals surface area contributed by atoms with E-state index in [1.54, 1.807) is 13.0 Å². The molecule has 2 N–H and O–H groups in total. The van der Waals surface area contributed by atoms with Crippen molar-refractivity contribution >= 4 is 29.0 Å². The predicted octanol–water partition coefficient (Wildman–Crippen LogP) is 4.22. The molecule has 7 nitrogen and oxygen atoms in total. The fourth-order valence-electron chi connectivity index (χ4n) is 3.62. The number of carbonyl (C=O) groups excluding carboxylic acids is 2. The third-order valence-electron chi connectivity index (χ3n) is 5.24. The van der Waals surface area contributed by atoms with Crippen molar-refractivity contribution in [2.45, 2.75) is 19.8 Å². The summed E-state index contributed by atoms with van der Waals surface area (Å²) in [6.07, 6.45) is 1.23. The lowest BCUT2D eigenvalue weighted by atomic mass is 9.95. The van der Waals surface area contributed by atoms with Crippen LogP contribution in [0.4, 0.5) is 17.2 Å². The van der Waals surface area contributed by atoms with Gasteiger partial charge in [0.2, 0.25) is 5.91 Å². The molecule has 1 fully saturated rings. The Hall–Kier alpha value is -3.61. The van der Waals surface area contributed by atoms with Gasteiger partial charge in [-0.15, -0.1) is 0 Å². The Bertz CT molecular complexity index is 1020. The smallest absolute Gasteiger partial charge is 0.255 e. The van der Waals surface area contributed by atoms with Crippen LogP contribution in [-0.2, 0) is 4.79 Å². The number of anilines is 3. The van der Waals surface area contributed by atoms with Crippen LogP contribution in [0.1, 0.15) is 29.0 Å². The predicted molar refractivity (Wildman–Crippen MR) is 115 cm³/mol. The number of rotatable bonds is 5. The second kappa shape index (κ2) is 8.82. The Morgan fingerprint density at radius 1 is 1.03 bits per heavy atom. The summed E-state index contributed by atoms with van der Waals surface area (Å²) in [4.78, 5) is 27.4. The fourth-order valence-corrected chi connectivity index (χ4v) is 3.62. The number of nitrogens with zero attached hydrogens (tertiary/aromatic N) is 2. The van der Waals surface area contributed by atoms with Crippen LogP contribution in [0.3, 0.4) is 0 Å². The molecule has 3 aromatic rings. The van der Waals surface area contributed by atoms with Crippen molar-refractivity contribution in [1.82, 2.24) is 10.1 Å². The van der Waals surface area contributed by atoms with E-state index in [9.17, 15) is 9.59 Å². The molecule has 30 heavy (non-hydrogen) atoms. The molecule has 1 aromatic heterocycles. The van der Waals surface area contributed by atoms with E-state index in [4.69, 9.17) is 4.52 Å². The maximum atomic E-state index is 13.1. The van der Waals surface area contributed by atoms with E-state index in [0.717, 1.165) is 11.4 Å². The van der Waals surface area contributed by atoms with Crippen LogP contribution in [0.15, 0.2) is 65.2 Å². The number of benzene rings is 2. The molecule has 0 bridgehead atoms. The summed E-state index contributed by atoms with van der Waals surface area (Å²) in [5, 5.41) is 9.91. The number of carbonyl (C=O) groups is 2. The summed E-state index contributed by atoms with van der Waals surface area (Å²) in [6, 6.07) is 19.0. The van der Waals surface area contributed by atoms with Gasteiger partial charge in [0.1, 0.15) is 5.76 Å². The fraction of sp³-hybridized carbons (Fsp3) is 0.261. The van der Waals surface area contributed by atoms with Crippen LogP contribution in [0.2, 0.25) is 0 Å². The number of para-hydroxylation sites is 2. The number of piperidine rings is 1. The minimum Gasteiger partial charge on any atom is -0.360 e. The molecule has 1 aliphatic heterocycles. The molecule has 0 aliphatic carbocycles. The molecule has 0 saturated carbocycles. The summed E-state index contributed by atoms with van der Waals surface area (Å²) < 4.78 is 4.98. The zero-order valence-electron chi connectivity index (χ0n) is 16.8. The zero-order chi connectivity index (χ0) is 20.9. The van der Waals surface area contributed by atoms with Crippen molar-refractivity contribution in [1.29, 1.82) is 0 Å². The van der Waals surface area contributed by atoms with Crippen molar-refractivity contribution < 1.29 is 14.1 Å². The summed E-state index contributed by atoms with van der Waals surface area (Å²) in [5.41, 5.74) is 2.33. The lowest BCUT2D eigenvalue weighted by molar-refractivity contribution is -0.121. The van der Waals surface area contributed by atoms with Gasteiger partial charge in [0.15, 0.2) is 5.82 Å². The van der Waals surface area contributed by atoms with Crippen LogP contribution >= 0.6 is 0 Å². The standard InChI is InChI=1S/C23H24N4O3/c1-16-15-21(26-30-16)25-22(28)17-11-13-27(14-12-17)23(29)19-9-5-6-10-20(19)24-18-7-3-2-4-8-18/h2-10,15,17,24H,11-14H2,1H3,(H,25,26,28). The van der Waals surface area contributed by atoms with Crippen LogP contribution < -0.4 is 10.6 Å². The van der Waals surface area contributed by atoms with E-state index < -0.39 is 0 Å². The Kier molecular flexibility index (Phi) is 5.79. The Labute approximate surface area is 175 Å². The molecular weight excluding hydrogens is 380 g/mol. The van der Waals surface area contributed by atoms with E-state index >= 15 is 0 Å². The lowest BCUT2D eigenvalue weighted by Gasteiger charge is -2.31. The van der Waals surface area contributed by atoms with Crippen molar-refractivity contribution in [3.05, 3.63) is 72.0 Å². The Morgan fingerprint density at radius 3 is 2.43 bits per heavy atom. The molecule has 1 aliphatic rings.